The minimum atomic E-state index is -0.500. The zero-order chi connectivity index (χ0) is 16.4. The van der Waals surface area contributed by atoms with E-state index in [4.69, 9.17) is 0 Å². The number of aryl methyl sites for hydroxylation is 1. The van der Waals surface area contributed by atoms with Gasteiger partial charge in [-0.05, 0) is 18.2 Å². The molecule has 0 unspecified atom stereocenters. The molecule has 0 bridgehead atoms. The Hall–Kier alpha value is -3.00. The second-order valence-electron chi connectivity index (χ2n) is 4.74. The summed E-state index contributed by atoms with van der Waals surface area (Å²) in [5.41, 5.74) is 3.31. The summed E-state index contributed by atoms with van der Waals surface area (Å²) in [6.07, 6.45) is 0. The van der Waals surface area contributed by atoms with Crippen LogP contribution in [0.5, 0.6) is 0 Å². The Kier molecular flexibility index (Phi) is 3.90. The first kappa shape index (κ1) is 14.9. The molecule has 116 valence electrons. The van der Waals surface area contributed by atoms with Crippen LogP contribution >= 0.6 is 11.3 Å². The number of nitrogens with one attached hydrogen (secondary N) is 1. The minimum Gasteiger partial charge on any atom is -0.308 e. The highest BCUT2D eigenvalue weighted by Gasteiger charge is 2.11. The third-order valence-corrected chi connectivity index (χ3v) is 4.32. The van der Waals surface area contributed by atoms with E-state index in [2.05, 4.69) is 10.5 Å². The van der Waals surface area contributed by atoms with Gasteiger partial charge in [0.25, 0.3) is 11.2 Å². The fraction of sp³-hybridized carbons (Fsp3) is 0.0667. The third kappa shape index (κ3) is 2.84. The van der Waals surface area contributed by atoms with Crippen LogP contribution in [-0.2, 0) is 7.05 Å². The van der Waals surface area contributed by atoms with Crippen LogP contribution in [0.1, 0.15) is 0 Å². The smallest absolute Gasteiger partial charge is 0.294 e. The zero-order valence-corrected chi connectivity index (χ0v) is 12.9. The second-order valence-corrected chi connectivity index (χ2v) is 5.77. The lowest BCUT2D eigenvalue weighted by Crippen LogP contribution is -2.32. The van der Waals surface area contributed by atoms with Crippen molar-refractivity contribution in [3.05, 3.63) is 73.7 Å². The molecule has 0 aliphatic rings. The molecule has 0 fully saturated rings. The summed E-state index contributed by atoms with van der Waals surface area (Å²) in [6.45, 7) is 0. The van der Waals surface area contributed by atoms with Gasteiger partial charge in [-0.25, -0.2) is 0 Å². The van der Waals surface area contributed by atoms with Gasteiger partial charge in [-0.15, -0.1) is 11.3 Å². The number of hydrogen-bond acceptors (Lipinski definition) is 6. The van der Waals surface area contributed by atoms with Crippen LogP contribution in [0.25, 0.3) is 10.2 Å². The Morgan fingerprint density at radius 3 is 2.65 bits per heavy atom. The fourth-order valence-electron chi connectivity index (χ4n) is 2.13. The number of rotatable bonds is 3. The molecular formula is C15H12N4O3S. The molecule has 7 nitrogen and oxygen atoms in total. The maximum absolute atomic E-state index is 12.3. The predicted molar refractivity (Wildman–Crippen MR) is 89.3 cm³/mol. The van der Waals surface area contributed by atoms with Gasteiger partial charge in [0, 0.05) is 13.1 Å². The fourth-order valence-corrected chi connectivity index (χ4v) is 3.11. The molecule has 0 aliphatic heterocycles. The predicted octanol–water partition coefficient (Wildman–Crippen LogP) is 2.44. The number of nitro groups is 1. The van der Waals surface area contributed by atoms with Crippen LogP contribution in [0.2, 0.25) is 0 Å². The second kappa shape index (κ2) is 6.01. The molecule has 1 aromatic heterocycles. The largest absolute Gasteiger partial charge is 0.308 e. The number of hydrogen-bond donors (Lipinski definition) is 1. The lowest BCUT2D eigenvalue weighted by molar-refractivity contribution is -0.384. The van der Waals surface area contributed by atoms with Gasteiger partial charge in [0.05, 0.1) is 15.1 Å². The highest BCUT2D eigenvalue weighted by Crippen LogP contribution is 2.22. The zero-order valence-electron chi connectivity index (χ0n) is 12.1. The topological polar surface area (TPSA) is 89.5 Å². The summed E-state index contributed by atoms with van der Waals surface area (Å²) in [7, 11) is 1.67. The average Bonchev–Trinajstić information content (AvgIpc) is 2.57. The third-order valence-electron chi connectivity index (χ3n) is 3.30. The van der Waals surface area contributed by atoms with E-state index in [1.807, 2.05) is 24.3 Å². The Bertz CT molecular complexity index is 1020. The van der Waals surface area contributed by atoms with Crippen LogP contribution in [0.15, 0.2) is 58.4 Å². The van der Waals surface area contributed by atoms with Crippen molar-refractivity contribution in [2.75, 3.05) is 5.43 Å². The first-order chi connectivity index (χ1) is 11.1. The van der Waals surface area contributed by atoms with E-state index in [9.17, 15) is 14.9 Å². The number of fused-ring (bicyclic) bond motifs is 1. The van der Waals surface area contributed by atoms with Gasteiger partial charge in [0.2, 0.25) is 4.67 Å². The molecule has 1 N–H and O–H groups in total. The summed E-state index contributed by atoms with van der Waals surface area (Å²) >= 11 is 1.23. The summed E-state index contributed by atoms with van der Waals surface area (Å²) in [4.78, 5) is 22.8. The number of nitrogens with zero attached hydrogens (tertiary/aromatic N) is 3. The maximum Gasteiger partial charge on any atom is 0.294 e. The highest BCUT2D eigenvalue weighted by molar-refractivity contribution is 7.16. The molecule has 2 aromatic carbocycles. The molecule has 0 atom stereocenters. The van der Waals surface area contributed by atoms with Gasteiger partial charge in [0.1, 0.15) is 5.69 Å². The first-order valence-electron chi connectivity index (χ1n) is 6.70. The lowest BCUT2D eigenvalue weighted by Gasteiger charge is -2.04. The first-order valence-corrected chi connectivity index (χ1v) is 7.51. The summed E-state index contributed by atoms with van der Waals surface area (Å²) < 4.78 is 2.63. The normalized spacial score (nSPS) is 11.6. The number of benzene rings is 2. The molecule has 1 heterocycles. The molecule has 0 saturated heterocycles. The van der Waals surface area contributed by atoms with Gasteiger partial charge in [0.15, 0.2) is 0 Å². The van der Waals surface area contributed by atoms with Crippen LogP contribution in [-0.4, -0.2) is 9.49 Å². The lowest BCUT2D eigenvalue weighted by atomic mass is 10.3. The summed E-state index contributed by atoms with van der Waals surface area (Å²) in [5.74, 6) is 0. The Morgan fingerprint density at radius 2 is 1.87 bits per heavy atom. The van der Waals surface area contributed by atoms with Crippen LogP contribution in [0.4, 0.5) is 11.4 Å². The Balaban J connectivity index is 2.11. The van der Waals surface area contributed by atoms with Gasteiger partial charge >= 0.3 is 0 Å². The van der Waals surface area contributed by atoms with Crippen molar-refractivity contribution in [3.63, 3.8) is 0 Å². The number of aromatic nitrogens is 1. The SMILES string of the molecule is Cn1c(=O)/c(=N/Nc2ccccc2[N+](=O)[O-])sc2ccccc21. The van der Waals surface area contributed by atoms with Crippen molar-refractivity contribution in [1.82, 2.24) is 4.57 Å². The van der Waals surface area contributed by atoms with E-state index in [1.165, 1.54) is 28.0 Å². The van der Waals surface area contributed by atoms with Crippen molar-refractivity contribution in [3.8, 4) is 0 Å². The van der Waals surface area contributed by atoms with Crippen molar-refractivity contribution in [2.24, 2.45) is 12.1 Å². The maximum atomic E-state index is 12.3. The van der Waals surface area contributed by atoms with E-state index in [1.54, 1.807) is 19.2 Å². The Morgan fingerprint density at radius 1 is 1.17 bits per heavy atom. The van der Waals surface area contributed by atoms with E-state index in [0.29, 0.717) is 0 Å². The van der Waals surface area contributed by atoms with Gasteiger partial charge in [-0.2, -0.15) is 5.10 Å². The van der Waals surface area contributed by atoms with Crippen LogP contribution in [0, 0.1) is 10.1 Å². The minimum absolute atomic E-state index is 0.0983. The Labute approximate surface area is 134 Å². The molecule has 0 aliphatic carbocycles. The van der Waals surface area contributed by atoms with E-state index < -0.39 is 4.92 Å². The van der Waals surface area contributed by atoms with Crippen molar-refractivity contribution in [1.29, 1.82) is 0 Å². The number of nitro benzene ring substituents is 1. The number of anilines is 1. The molecule has 8 heteroatoms. The van der Waals surface area contributed by atoms with E-state index >= 15 is 0 Å². The standard InChI is InChI=1S/C15H12N4O3S/c1-18-12-8-4-5-9-13(12)23-14(15(18)20)17-16-10-6-2-3-7-11(10)19(21)22/h2-9,16H,1H3/b17-14-. The van der Waals surface area contributed by atoms with Crippen LogP contribution < -0.4 is 15.7 Å². The van der Waals surface area contributed by atoms with Crippen molar-refractivity contribution < 1.29 is 4.92 Å². The molecular weight excluding hydrogens is 316 g/mol. The van der Waals surface area contributed by atoms with Gasteiger partial charge in [-0.1, -0.05) is 24.3 Å². The molecule has 0 amide bonds. The van der Waals surface area contributed by atoms with E-state index in [0.717, 1.165) is 10.2 Å². The van der Waals surface area contributed by atoms with Crippen LogP contribution in [0.3, 0.4) is 0 Å². The van der Waals surface area contributed by atoms with E-state index in [-0.39, 0.29) is 21.6 Å². The molecule has 23 heavy (non-hydrogen) atoms. The average molecular weight is 328 g/mol. The van der Waals surface area contributed by atoms with Crippen molar-refractivity contribution in [2.45, 2.75) is 0 Å². The van der Waals surface area contributed by atoms with Crippen molar-refractivity contribution >= 4 is 32.9 Å². The number of para-hydroxylation sites is 3. The highest BCUT2D eigenvalue weighted by atomic mass is 32.1. The molecule has 3 rings (SSSR count). The molecule has 0 radical (unpaired) electrons. The molecule has 3 aromatic rings. The van der Waals surface area contributed by atoms with Gasteiger partial charge < -0.3 is 4.57 Å². The summed E-state index contributed by atoms with van der Waals surface area (Å²) in [6, 6.07) is 13.6. The summed E-state index contributed by atoms with van der Waals surface area (Å²) in [5, 5.41) is 15.1. The monoisotopic (exact) mass is 328 g/mol. The quantitative estimate of drug-likeness (QED) is 0.590. The molecule has 0 spiro atoms. The van der Waals surface area contributed by atoms with Gasteiger partial charge in [-0.3, -0.25) is 20.3 Å². The molecule has 0 saturated carbocycles.